The molecule has 1 aromatic rings. The number of nitrogens with zero attached hydrogens (tertiary/aromatic N) is 2. The van der Waals surface area contributed by atoms with E-state index in [1.807, 2.05) is 18.3 Å². The van der Waals surface area contributed by atoms with Crippen molar-refractivity contribution in [3.63, 3.8) is 0 Å². The molecule has 7 nitrogen and oxygen atoms in total. The molecule has 26 heavy (non-hydrogen) atoms. The van der Waals surface area contributed by atoms with E-state index in [0.717, 1.165) is 57.0 Å². The average Bonchev–Trinajstić information content (AvgIpc) is 2.67. The van der Waals surface area contributed by atoms with Crippen molar-refractivity contribution in [3.05, 3.63) is 23.9 Å². The standard InChI is InChI=1S/C19H30N4O3/c1-15-13-23(9-10-26-15)17-4-3-16(11-21-17)12-22-18(24)19(14-25-2)5-7-20-8-6-19/h3-4,11,15,20H,5-10,12-14H2,1-2H3,(H,22,24). The zero-order chi connectivity index (χ0) is 18.4. The molecule has 2 aliphatic rings. The fraction of sp³-hybridized carbons (Fsp3) is 0.684. The van der Waals surface area contributed by atoms with Gasteiger partial charge in [0, 0.05) is 32.9 Å². The number of anilines is 1. The largest absolute Gasteiger partial charge is 0.384 e. The predicted molar refractivity (Wildman–Crippen MR) is 100 cm³/mol. The first-order valence-electron chi connectivity index (χ1n) is 9.42. The van der Waals surface area contributed by atoms with Gasteiger partial charge in [-0.15, -0.1) is 0 Å². The molecule has 0 spiro atoms. The SMILES string of the molecule is COCC1(C(=O)NCc2ccc(N3CCOC(C)C3)nc2)CCNCC1. The summed E-state index contributed by atoms with van der Waals surface area (Å²) in [4.78, 5) is 19.6. The lowest BCUT2D eigenvalue weighted by Gasteiger charge is -2.35. The van der Waals surface area contributed by atoms with Gasteiger partial charge in [0.05, 0.1) is 24.7 Å². The third-order valence-corrected chi connectivity index (χ3v) is 5.29. The first-order valence-corrected chi connectivity index (χ1v) is 9.42. The summed E-state index contributed by atoms with van der Waals surface area (Å²) in [7, 11) is 1.66. The number of amides is 1. The minimum Gasteiger partial charge on any atom is -0.384 e. The Hall–Kier alpha value is -1.70. The number of aromatic nitrogens is 1. The molecular weight excluding hydrogens is 332 g/mol. The number of piperidine rings is 1. The van der Waals surface area contributed by atoms with Gasteiger partial charge >= 0.3 is 0 Å². The minimum atomic E-state index is -0.419. The zero-order valence-corrected chi connectivity index (χ0v) is 15.8. The second-order valence-corrected chi connectivity index (χ2v) is 7.30. The van der Waals surface area contributed by atoms with Crippen LogP contribution in [0.2, 0.25) is 0 Å². The molecule has 0 aromatic carbocycles. The van der Waals surface area contributed by atoms with E-state index in [2.05, 4.69) is 27.4 Å². The normalized spacial score (nSPS) is 22.8. The number of hydrogen-bond acceptors (Lipinski definition) is 6. The fourth-order valence-electron chi connectivity index (χ4n) is 3.72. The van der Waals surface area contributed by atoms with Crippen LogP contribution >= 0.6 is 0 Å². The molecule has 3 heterocycles. The monoisotopic (exact) mass is 362 g/mol. The van der Waals surface area contributed by atoms with Crippen molar-refractivity contribution in [2.75, 3.05) is 51.4 Å². The molecule has 7 heteroatoms. The van der Waals surface area contributed by atoms with Crippen molar-refractivity contribution in [1.29, 1.82) is 0 Å². The fourth-order valence-corrected chi connectivity index (χ4v) is 3.72. The van der Waals surface area contributed by atoms with Gasteiger partial charge in [-0.25, -0.2) is 4.98 Å². The zero-order valence-electron chi connectivity index (χ0n) is 15.8. The highest BCUT2D eigenvalue weighted by molar-refractivity contribution is 5.83. The predicted octanol–water partition coefficient (Wildman–Crippen LogP) is 0.939. The summed E-state index contributed by atoms with van der Waals surface area (Å²) in [6, 6.07) is 4.06. The molecule has 1 atom stereocenters. The third-order valence-electron chi connectivity index (χ3n) is 5.29. The first kappa shape index (κ1) is 19.1. The van der Waals surface area contributed by atoms with Gasteiger partial charge in [0.2, 0.25) is 5.91 Å². The van der Waals surface area contributed by atoms with Gasteiger partial charge in [0.15, 0.2) is 0 Å². The van der Waals surface area contributed by atoms with Crippen LogP contribution in [0.3, 0.4) is 0 Å². The van der Waals surface area contributed by atoms with Crippen LogP contribution < -0.4 is 15.5 Å². The van der Waals surface area contributed by atoms with E-state index in [9.17, 15) is 4.79 Å². The quantitative estimate of drug-likeness (QED) is 0.784. The van der Waals surface area contributed by atoms with Crippen molar-refractivity contribution >= 4 is 11.7 Å². The number of hydrogen-bond donors (Lipinski definition) is 2. The smallest absolute Gasteiger partial charge is 0.228 e. The molecule has 0 bridgehead atoms. The molecule has 2 aliphatic heterocycles. The second-order valence-electron chi connectivity index (χ2n) is 7.30. The van der Waals surface area contributed by atoms with Crippen LogP contribution in [0.25, 0.3) is 0 Å². The molecule has 0 aliphatic carbocycles. The van der Waals surface area contributed by atoms with Gasteiger partial charge in [-0.2, -0.15) is 0 Å². The van der Waals surface area contributed by atoms with E-state index in [4.69, 9.17) is 9.47 Å². The van der Waals surface area contributed by atoms with E-state index in [-0.39, 0.29) is 12.0 Å². The summed E-state index contributed by atoms with van der Waals surface area (Å²) in [6.45, 7) is 7.19. The molecule has 1 amide bonds. The molecule has 1 aromatic heterocycles. The lowest BCUT2D eigenvalue weighted by Crippen LogP contribution is -2.49. The van der Waals surface area contributed by atoms with Gasteiger partial charge in [0.1, 0.15) is 5.82 Å². The Balaban J connectivity index is 1.56. The summed E-state index contributed by atoms with van der Waals surface area (Å²) < 4.78 is 10.9. The van der Waals surface area contributed by atoms with E-state index in [0.29, 0.717) is 13.2 Å². The first-order chi connectivity index (χ1) is 12.6. The highest BCUT2D eigenvalue weighted by Gasteiger charge is 2.39. The van der Waals surface area contributed by atoms with Crippen LogP contribution in [-0.2, 0) is 20.8 Å². The summed E-state index contributed by atoms with van der Waals surface area (Å²) in [5, 5.41) is 6.39. The Labute approximate surface area is 155 Å². The highest BCUT2D eigenvalue weighted by atomic mass is 16.5. The summed E-state index contributed by atoms with van der Waals surface area (Å²) in [5.41, 5.74) is 0.585. The summed E-state index contributed by atoms with van der Waals surface area (Å²) in [5.74, 6) is 1.04. The topological polar surface area (TPSA) is 75.7 Å². The Morgan fingerprint density at radius 2 is 2.27 bits per heavy atom. The van der Waals surface area contributed by atoms with Crippen LogP contribution in [0, 0.1) is 5.41 Å². The lowest BCUT2D eigenvalue weighted by atomic mass is 9.78. The van der Waals surface area contributed by atoms with Gasteiger partial charge in [-0.05, 0) is 44.5 Å². The van der Waals surface area contributed by atoms with Crippen LogP contribution in [0.15, 0.2) is 18.3 Å². The molecule has 2 saturated heterocycles. The molecule has 2 N–H and O–H groups in total. The van der Waals surface area contributed by atoms with E-state index in [1.54, 1.807) is 7.11 Å². The summed E-state index contributed by atoms with van der Waals surface area (Å²) in [6.07, 6.45) is 3.69. The number of carbonyl (C=O) groups excluding carboxylic acids is 1. The number of nitrogens with one attached hydrogen (secondary N) is 2. The van der Waals surface area contributed by atoms with Crippen LogP contribution in [-0.4, -0.2) is 63.5 Å². The minimum absolute atomic E-state index is 0.0759. The maximum atomic E-state index is 12.8. The molecule has 0 saturated carbocycles. The van der Waals surface area contributed by atoms with Crippen molar-refractivity contribution in [2.45, 2.75) is 32.4 Å². The van der Waals surface area contributed by atoms with Crippen molar-refractivity contribution in [1.82, 2.24) is 15.6 Å². The van der Waals surface area contributed by atoms with Crippen LogP contribution in [0.5, 0.6) is 0 Å². The number of morpholine rings is 1. The van der Waals surface area contributed by atoms with E-state index < -0.39 is 5.41 Å². The number of ether oxygens (including phenoxy) is 2. The molecule has 3 rings (SSSR count). The Morgan fingerprint density at radius 1 is 1.46 bits per heavy atom. The van der Waals surface area contributed by atoms with Gasteiger partial charge in [0.25, 0.3) is 0 Å². The Kier molecular flexibility index (Phi) is 6.45. The molecule has 144 valence electrons. The van der Waals surface area contributed by atoms with Gasteiger partial charge < -0.3 is 25.0 Å². The number of rotatable bonds is 6. The molecular formula is C19H30N4O3. The lowest BCUT2D eigenvalue weighted by molar-refractivity contribution is -0.136. The van der Waals surface area contributed by atoms with Gasteiger partial charge in [-0.1, -0.05) is 6.07 Å². The van der Waals surface area contributed by atoms with Crippen molar-refractivity contribution in [3.8, 4) is 0 Å². The highest BCUT2D eigenvalue weighted by Crippen LogP contribution is 2.29. The van der Waals surface area contributed by atoms with E-state index in [1.165, 1.54) is 0 Å². The molecule has 0 radical (unpaired) electrons. The van der Waals surface area contributed by atoms with Gasteiger partial charge in [-0.3, -0.25) is 4.79 Å². The average molecular weight is 362 g/mol. The maximum absolute atomic E-state index is 12.8. The maximum Gasteiger partial charge on any atom is 0.228 e. The van der Waals surface area contributed by atoms with Crippen LogP contribution in [0.4, 0.5) is 5.82 Å². The Morgan fingerprint density at radius 3 is 2.92 bits per heavy atom. The summed E-state index contributed by atoms with van der Waals surface area (Å²) >= 11 is 0. The van der Waals surface area contributed by atoms with Crippen LogP contribution in [0.1, 0.15) is 25.3 Å². The Bertz CT molecular complexity index is 581. The van der Waals surface area contributed by atoms with Crippen molar-refractivity contribution in [2.24, 2.45) is 5.41 Å². The van der Waals surface area contributed by atoms with E-state index >= 15 is 0 Å². The third kappa shape index (κ3) is 4.52. The second kappa shape index (κ2) is 8.79. The number of methoxy groups -OCH3 is 1. The number of carbonyl (C=O) groups is 1. The molecule has 1 unspecified atom stereocenters. The van der Waals surface area contributed by atoms with Crippen molar-refractivity contribution < 1.29 is 14.3 Å². The number of pyridine rings is 1. The molecule has 2 fully saturated rings.